The van der Waals surface area contributed by atoms with E-state index in [9.17, 15) is 4.39 Å². The molecule has 0 spiro atoms. The van der Waals surface area contributed by atoms with Crippen LogP contribution in [0.1, 0.15) is 25.0 Å². The second kappa shape index (κ2) is 5.65. The van der Waals surface area contributed by atoms with Crippen LogP contribution in [-0.2, 0) is 0 Å². The Balaban J connectivity index is 1.85. The third-order valence-corrected chi connectivity index (χ3v) is 4.54. The zero-order valence-corrected chi connectivity index (χ0v) is 13.2. The Morgan fingerprint density at radius 1 is 1.04 bits per heavy atom. The van der Waals surface area contributed by atoms with Gasteiger partial charge in [-0.25, -0.2) is 14.4 Å². The van der Waals surface area contributed by atoms with Gasteiger partial charge in [0.1, 0.15) is 5.82 Å². The first-order valence-electron chi connectivity index (χ1n) is 8.08. The van der Waals surface area contributed by atoms with E-state index in [0.29, 0.717) is 0 Å². The van der Waals surface area contributed by atoms with Gasteiger partial charge < -0.3 is 4.90 Å². The van der Waals surface area contributed by atoms with Crippen LogP contribution < -0.4 is 4.90 Å². The quantitative estimate of drug-likeness (QED) is 0.721. The SMILES string of the molecule is Cc1c(-c2ccc(F)cc2)nc2c(N3CCCCC3)nccn12. The number of benzene rings is 1. The molecule has 4 rings (SSSR count). The highest BCUT2D eigenvalue weighted by atomic mass is 19.1. The molecule has 2 aromatic heterocycles. The number of nitrogens with zero attached hydrogens (tertiary/aromatic N) is 4. The van der Waals surface area contributed by atoms with E-state index >= 15 is 0 Å². The van der Waals surface area contributed by atoms with Gasteiger partial charge in [-0.3, -0.25) is 4.40 Å². The molecule has 0 atom stereocenters. The lowest BCUT2D eigenvalue weighted by Crippen LogP contribution is -2.30. The molecule has 0 amide bonds. The van der Waals surface area contributed by atoms with Gasteiger partial charge >= 0.3 is 0 Å². The molecule has 1 aromatic carbocycles. The van der Waals surface area contributed by atoms with Crippen LogP contribution in [0.2, 0.25) is 0 Å². The second-order valence-corrected chi connectivity index (χ2v) is 6.04. The van der Waals surface area contributed by atoms with Crippen molar-refractivity contribution in [2.45, 2.75) is 26.2 Å². The minimum atomic E-state index is -0.231. The molecule has 5 heteroatoms. The summed E-state index contributed by atoms with van der Waals surface area (Å²) in [7, 11) is 0. The molecular formula is C18H19FN4. The minimum Gasteiger partial charge on any atom is -0.354 e. The molecule has 118 valence electrons. The Morgan fingerprint density at radius 3 is 2.52 bits per heavy atom. The fraction of sp³-hybridized carbons (Fsp3) is 0.333. The predicted octanol–water partition coefficient (Wildman–Crippen LogP) is 3.83. The number of aromatic nitrogens is 3. The molecule has 0 aliphatic carbocycles. The number of hydrogen-bond donors (Lipinski definition) is 0. The highest BCUT2D eigenvalue weighted by molar-refractivity contribution is 5.73. The van der Waals surface area contributed by atoms with E-state index < -0.39 is 0 Å². The summed E-state index contributed by atoms with van der Waals surface area (Å²) in [5.74, 6) is 0.717. The number of rotatable bonds is 2. The third-order valence-electron chi connectivity index (χ3n) is 4.54. The van der Waals surface area contributed by atoms with Crippen LogP contribution >= 0.6 is 0 Å². The molecule has 3 aromatic rings. The van der Waals surface area contributed by atoms with E-state index in [-0.39, 0.29) is 5.82 Å². The predicted molar refractivity (Wildman–Crippen MR) is 89.2 cm³/mol. The molecule has 3 heterocycles. The molecule has 1 saturated heterocycles. The number of halogens is 1. The van der Waals surface area contributed by atoms with Crippen molar-refractivity contribution in [3.63, 3.8) is 0 Å². The van der Waals surface area contributed by atoms with E-state index in [1.165, 1.54) is 31.4 Å². The number of anilines is 1. The van der Waals surface area contributed by atoms with Gasteiger partial charge in [0.15, 0.2) is 11.5 Å². The summed E-state index contributed by atoms with van der Waals surface area (Å²) >= 11 is 0. The largest absolute Gasteiger partial charge is 0.354 e. The lowest BCUT2D eigenvalue weighted by atomic mass is 10.1. The van der Waals surface area contributed by atoms with Crippen LogP contribution in [0, 0.1) is 12.7 Å². The van der Waals surface area contributed by atoms with Crippen LogP contribution in [-0.4, -0.2) is 27.5 Å². The fourth-order valence-electron chi connectivity index (χ4n) is 3.29. The van der Waals surface area contributed by atoms with E-state index in [2.05, 4.69) is 14.3 Å². The molecule has 4 nitrogen and oxygen atoms in total. The summed E-state index contributed by atoms with van der Waals surface area (Å²) in [6.45, 7) is 4.10. The molecule has 0 saturated carbocycles. The molecule has 1 aliphatic heterocycles. The number of imidazole rings is 1. The van der Waals surface area contributed by atoms with Crippen molar-refractivity contribution in [3.8, 4) is 11.3 Å². The minimum absolute atomic E-state index is 0.231. The van der Waals surface area contributed by atoms with Crippen molar-refractivity contribution < 1.29 is 4.39 Å². The topological polar surface area (TPSA) is 33.4 Å². The van der Waals surface area contributed by atoms with Crippen LogP contribution in [0.25, 0.3) is 16.9 Å². The average molecular weight is 310 g/mol. The second-order valence-electron chi connectivity index (χ2n) is 6.04. The van der Waals surface area contributed by atoms with Crippen molar-refractivity contribution in [2.24, 2.45) is 0 Å². The van der Waals surface area contributed by atoms with Gasteiger partial charge in [-0.05, 0) is 50.5 Å². The first-order valence-corrected chi connectivity index (χ1v) is 8.08. The Morgan fingerprint density at radius 2 is 1.78 bits per heavy atom. The maximum Gasteiger partial charge on any atom is 0.181 e. The lowest BCUT2D eigenvalue weighted by molar-refractivity contribution is 0.573. The van der Waals surface area contributed by atoms with E-state index in [1.807, 2.05) is 19.3 Å². The molecule has 23 heavy (non-hydrogen) atoms. The van der Waals surface area contributed by atoms with E-state index in [0.717, 1.165) is 41.5 Å². The normalized spacial score (nSPS) is 15.3. The van der Waals surface area contributed by atoms with E-state index in [1.54, 1.807) is 12.1 Å². The van der Waals surface area contributed by atoms with Crippen LogP contribution in [0.15, 0.2) is 36.7 Å². The summed E-state index contributed by atoms with van der Waals surface area (Å²) in [5.41, 5.74) is 3.74. The van der Waals surface area contributed by atoms with Crippen molar-refractivity contribution in [1.29, 1.82) is 0 Å². The summed E-state index contributed by atoms with van der Waals surface area (Å²) in [6.07, 6.45) is 7.46. The highest BCUT2D eigenvalue weighted by Crippen LogP contribution is 2.28. The Kier molecular flexibility index (Phi) is 3.48. The van der Waals surface area contributed by atoms with Crippen molar-refractivity contribution in [3.05, 3.63) is 48.2 Å². The fourth-order valence-corrected chi connectivity index (χ4v) is 3.29. The Bertz CT molecular complexity index is 832. The van der Waals surface area contributed by atoms with Gasteiger partial charge in [0.2, 0.25) is 0 Å². The Labute approximate surface area is 134 Å². The van der Waals surface area contributed by atoms with Crippen molar-refractivity contribution >= 4 is 11.5 Å². The third kappa shape index (κ3) is 2.46. The van der Waals surface area contributed by atoms with Gasteiger partial charge in [0.05, 0.1) is 5.69 Å². The number of hydrogen-bond acceptors (Lipinski definition) is 3. The number of piperidine rings is 1. The summed E-state index contributed by atoms with van der Waals surface area (Å²) in [5, 5.41) is 0. The molecule has 1 aliphatic rings. The van der Waals surface area contributed by atoms with Crippen LogP contribution in [0.4, 0.5) is 10.2 Å². The number of aryl methyl sites for hydroxylation is 1. The smallest absolute Gasteiger partial charge is 0.181 e. The standard InChI is InChI=1S/C18H19FN4/c1-13-16(14-5-7-15(19)8-6-14)21-18-17(20-9-12-23(13)18)22-10-3-2-4-11-22/h5-9,12H,2-4,10-11H2,1H3. The maximum atomic E-state index is 13.2. The molecule has 0 radical (unpaired) electrons. The highest BCUT2D eigenvalue weighted by Gasteiger charge is 2.19. The first-order chi connectivity index (χ1) is 11.2. The molecule has 0 unspecified atom stereocenters. The zero-order valence-electron chi connectivity index (χ0n) is 13.2. The van der Waals surface area contributed by atoms with Gasteiger partial charge in [0, 0.05) is 36.7 Å². The molecular weight excluding hydrogens is 291 g/mol. The maximum absolute atomic E-state index is 13.2. The van der Waals surface area contributed by atoms with Gasteiger partial charge in [-0.2, -0.15) is 0 Å². The first kappa shape index (κ1) is 14.2. The van der Waals surface area contributed by atoms with Gasteiger partial charge in [-0.1, -0.05) is 0 Å². The van der Waals surface area contributed by atoms with Crippen LogP contribution in [0.3, 0.4) is 0 Å². The molecule has 0 bridgehead atoms. The summed E-state index contributed by atoms with van der Waals surface area (Å²) in [4.78, 5) is 11.7. The van der Waals surface area contributed by atoms with E-state index in [4.69, 9.17) is 4.98 Å². The summed E-state index contributed by atoms with van der Waals surface area (Å²) < 4.78 is 15.3. The number of fused-ring (bicyclic) bond motifs is 1. The molecule has 0 N–H and O–H groups in total. The average Bonchev–Trinajstić information content (AvgIpc) is 2.93. The monoisotopic (exact) mass is 310 g/mol. The zero-order chi connectivity index (χ0) is 15.8. The van der Waals surface area contributed by atoms with Gasteiger partial charge in [-0.15, -0.1) is 0 Å². The molecule has 1 fully saturated rings. The summed E-state index contributed by atoms with van der Waals surface area (Å²) in [6, 6.07) is 6.50. The van der Waals surface area contributed by atoms with Crippen LogP contribution in [0.5, 0.6) is 0 Å². The van der Waals surface area contributed by atoms with Crippen molar-refractivity contribution in [2.75, 3.05) is 18.0 Å². The Hall–Kier alpha value is -2.43. The van der Waals surface area contributed by atoms with Gasteiger partial charge in [0.25, 0.3) is 0 Å². The lowest BCUT2D eigenvalue weighted by Gasteiger charge is -2.27. The van der Waals surface area contributed by atoms with Crippen molar-refractivity contribution in [1.82, 2.24) is 14.4 Å².